The van der Waals surface area contributed by atoms with Crippen LogP contribution in [0.1, 0.15) is 27.7 Å². The molecule has 0 bridgehead atoms. The van der Waals surface area contributed by atoms with Gasteiger partial charge in [0.25, 0.3) is 5.91 Å². The van der Waals surface area contributed by atoms with Crippen molar-refractivity contribution in [1.82, 2.24) is 4.90 Å². The quantitative estimate of drug-likeness (QED) is 0.446. The van der Waals surface area contributed by atoms with Gasteiger partial charge in [0.1, 0.15) is 5.75 Å². The van der Waals surface area contributed by atoms with Crippen molar-refractivity contribution in [2.75, 3.05) is 13.2 Å². The lowest BCUT2D eigenvalue weighted by atomic mass is 10.0. The summed E-state index contributed by atoms with van der Waals surface area (Å²) in [5.41, 5.74) is 3.38. The third-order valence-corrected chi connectivity index (χ3v) is 6.08. The highest BCUT2D eigenvalue weighted by Crippen LogP contribution is 2.25. The van der Waals surface area contributed by atoms with Crippen LogP contribution in [0.15, 0.2) is 60.0 Å². The summed E-state index contributed by atoms with van der Waals surface area (Å²) in [4.78, 5) is 38.8. The topological polar surface area (TPSA) is 72.9 Å². The molecule has 0 saturated heterocycles. The summed E-state index contributed by atoms with van der Waals surface area (Å²) in [6.07, 6.45) is 0.843. The van der Waals surface area contributed by atoms with Gasteiger partial charge in [0.15, 0.2) is 6.61 Å². The smallest absolute Gasteiger partial charge is 0.338 e. The Balaban J connectivity index is 1.32. The molecule has 0 saturated carbocycles. The first-order valence-corrected chi connectivity index (χ1v) is 10.8. The Kier molecular flexibility index (Phi) is 6.13. The zero-order valence-corrected chi connectivity index (χ0v) is 17.8. The predicted molar refractivity (Wildman–Crippen MR) is 117 cm³/mol. The molecule has 0 spiro atoms. The zero-order chi connectivity index (χ0) is 21.8. The van der Waals surface area contributed by atoms with E-state index in [1.165, 1.54) is 17.4 Å². The molecule has 0 radical (unpaired) electrons. The van der Waals surface area contributed by atoms with E-state index in [1.807, 2.05) is 35.7 Å². The van der Waals surface area contributed by atoms with Crippen LogP contribution in [0, 0.1) is 0 Å². The van der Waals surface area contributed by atoms with E-state index in [-0.39, 0.29) is 18.5 Å². The van der Waals surface area contributed by atoms with Gasteiger partial charge in [-0.25, -0.2) is 4.79 Å². The number of rotatable bonds is 5. The first kappa shape index (κ1) is 20.8. The number of esters is 2. The molecule has 0 fully saturated rings. The van der Waals surface area contributed by atoms with Crippen molar-refractivity contribution >= 4 is 29.2 Å². The fourth-order valence-electron chi connectivity index (χ4n) is 3.44. The molecule has 1 amide bonds. The van der Waals surface area contributed by atoms with Gasteiger partial charge in [0.05, 0.1) is 5.56 Å². The van der Waals surface area contributed by atoms with Crippen molar-refractivity contribution in [3.05, 3.63) is 76.0 Å². The van der Waals surface area contributed by atoms with Crippen molar-refractivity contribution < 1.29 is 23.9 Å². The number of carbonyl (C=O) groups is 3. The Morgan fingerprint density at radius 2 is 1.65 bits per heavy atom. The van der Waals surface area contributed by atoms with E-state index in [9.17, 15) is 14.4 Å². The van der Waals surface area contributed by atoms with Crippen LogP contribution in [0.5, 0.6) is 5.75 Å². The molecule has 1 aliphatic heterocycles. The average molecular weight is 436 g/mol. The standard InChI is InChI=1S/C24H21NO5S/c1-16(26)30-21-8-6-18(7-9-21)17-2-4-19(5-3-17)24(28)29-15-23(27)25-12-10-22-20(14-25)11-13-31-22/h2-9,11,13H,10,12,14-15H2,1H3. The highest BCUT2D eigenvalue weighted by molar-refractivity contribution is 7.10. The molecule has 2 aromatic carbocycles. The number of ether oxygens (including phenoxy) is 2. The number of amides is 1. The fourth-order valence-corrected chi connectivity index (χ4v) is 4.33. The van der Waals surface area contributed by atoms with Gasteiger partial charge in [-0.05, 0) is 58.8 Å². The van der Waals surface area contributed by atoms with Gasteiger partial charge in [-0.2, -0.15) is 0 Å². The maximum absolute atomic E-state index is 12.4. The van der Waals surface area contributed by atoms with Crippen LogP contribution < -0.4 is 4.74 Å². The van der Waals surface area contributed by atoms with Crippen LogP contribution in [0.2, 0.25) is 0 Å². The molecule has 3 aromatic rings. The zero-order valence-electron chi connectivity index (χ0n) is 17.0. The summed E-state index contributed by atoms with van der Waals surface area (Å²) >= 11 is 1.71. The second kappa shape index (κ2) is 9.14. The Bertz CT molecular complexity index is 1100. The Morgan fingerprint density at radius 3 is 2.32 bits per heavy atom. The SMILES string of the molecule is CC(=O)Oc1ccc(-c2ccc(C(=O)OCC(=O)N3CCc4sccc4C3)cc2)cc1. The monoisotopic (exact) mass is 435 g/mol. The van der Waals surface area contributed by atoms with E-state index >= 15 is 0 Å². The van der Waals surface area contributed by atoms with Gasteiger partial charge >= 0.3 is 11.9 Å². The van der Waals surface area contributed by atoms with Crippen molar-refractivity contribution in [1.29, 1.82) is 0 Å². The molecule has 0 unspecified atom stereocenters. The lowest BCUT2D eigenvalue weighted by Gasteiger charge is -2.26. The Hall–Kier alpha value is -3.45. The highest BCUT2D eigenvalue weighted by Gasteiger charge is 2.22. The second-order valence-electron chi connectivity index (χ2n) is 7.21. The number of benzene rings is 2. The average Bonchev–Trinajstić information content (AvgIpc) is 3.25. The first-order chi connectivity index (χ1) is 15.0. The molecule has 1 aromatic heterocycles. The van der Waals surface area contributed by atoms with Crippen LogP contribution in [0.4, 0.5) is 0 Å². The summed E-state index contributed by atoms with van der Waals surface area (Å²) in [5, 5.41) is 2.04. The summed E-state index contributed by atoms with van der Waals surface area (Å²) in [7, 11) is 0. The lowest BCUT2D eigenvalue weighted by molar-refractivity contribution is -0.135. The van der Waals surface area contributed by atoms with Gasteiger partial charge in [-0.3, -0.25) is 9.59 Å². The van der Waals surface area contributed by atoms with E-state index in [2.05, 4.69) is 0 Å². The number of thiophene rings is 1. The van der Waals surface area contributed by atoms with E-state index < -0.39 is 5.97 Å². The molecule has 0 N–H and O–H groups in total. The van der Waals surface area contributed by atoms with E-state index in [4.69, 9.17) is 9.47 Å². The predicted octanol–water partition coefficient (Wildman–Crippen LogP) is 4.08. The van der Waals surface area contributed by atoms with Crippen molar-refractivity contribution in [2.45, 2.75) is 19.9 Å². The highest BCUT2D eigenvalue weighted by atomic mass is 32.1. The lowest BCUT2D eigenvalue weighted by Crippen LogP contribution is -2.38. The minimum absolute atomic E-state index is 0.185. The summed E-state index contributed by atoms with van der Waals surface area (Å²) in [6.45, 7) is 2.30. The fraction of sp³-hybridized carbons (Fsp3) is 0.208. The van der Waals surface area contributed by atoms with Crippen LogP contribution in [0.25, 0.3) is 11.1 Å². The first-order valence-electron chi connectivity index (χ1n) is 9.88. The van der Waals surface area contributed by atoms with E-state index in [1.54, 1.807) is 40.5 Å². The van der Waals surface area contributed by atoms with Crippen molar-refractivity contribution in [3.63, 3.8) is 0 Å². The molecule has 1 aliphatic rings. The Labute approximate surface area is 184 Å². The normalized spacial score (nSPS) is 12.7. The van der Waals surface area contributed by atoms with Gasteiger partial charge in [0, 0.05) is 24.9 Å². The molecule has 2 heterocycles. The molecular formula is C24H21NO5S. The van der Waals surface area contributed by atoms with E-state index in [0.29, 0.717) is 24.4 Å². The Morgan fingerprint density at radius 1 is 0.968 bits per heavy atom. The molecule has 31 heavy (non-hydrogen) atoms. The summed E-state index contributed by atoms with van der Waals surface area (Å²) < 4.78 is 10.3. The number of nitrogens with zero attached hydrogens (tertiary/aromatic N) is 1. The maximum atomic E-state index is 12.4. The second-order valence-corrected chi connectivity index (χ2v) is 8.21. The van der Waals surface area contributed by atoms with Gasteiger partial charge < -0.3 is 14.4 Å². The van der Waals surface area contributed by atoms with Crippen molar-refractivity contribution in [3.8, 4) is 16.9 Å². The molecule has 4 rings (SSSR count). The van der Waals surface area contributed by atoms with Crippen LogP contribution in [0.3, 0.4) is 0 Å². The molecule has 6 nitrogen and oxygen atoms in total. The van der Waals surface area contributed by atoms with Gasteiger partial charge in [-0.1, -0.05) is 24.3 Å². The summed E-state index contributed by atoms with van der Waals surface area (Å²) in [5.74, 6) is -0.608. The van der Waals surface area contributed by atoms with Crippen molar-refractivity contribution in [2.24, 2.45) is 0 Å². The number of fused-ring (bicyclic) bond motifs is 1. The van der Waals surface area contributed by atoms with Crippen LogP contribution in [-0.2, 0) is 27.3 Å². The van der Waals surface area contributed by atoms with E-state index in [0.717, 1.165) is 17.5 Å². The van der Waals surface area contributed by atoms with Crippen LogP contribution in [-0.4, -0.2) is 35.9 Å². The number of hydrogen-bond donors (Lipinski definition) is 0. The molecule has 0 aliphatic carbocycles. The third kappa shape index (κ3) is 5.00. The third-order valence-electron chi connectivity index (χ3n) is 5.06. The molecule has 0 atom stereocenters. The maximum Gasteiger partial charge on any atom is 0.338 e. The largest absolute Gasteiger partial charge is 0.452 e. The van der Waals surface area contributed by atoms with Gasteiger partial charge in [-0.15, -0.1) is 11.3 Å². The number of hydrogen-bond acceptors (Lipinski definition) is 6. The number of carbonyl (C=O) groups excluding carboxylic acids is 3. The van der Waals surface area contributed by atoms with Gasteiger partial charge in [0.2, 0.25) is 0 Å². The molecule has 158 valence electrons. The summed E-state index contributed by atoms with van der Waals surface area (Å²) in [6, 6.07) is 16.1. The minimum Gasteiger partial charge on any atom is -0.452 e. The minimum atomic E-state index is -0.529. The van der Waals surface area contributed by atoms with Crippen LogP contribution >= 0.6 is 11.3 Å². The molecular weight excluding hydrogens is 414 g/mol. The molecule has 7 heteroatoms.